The highest BCUT2D eigenvalue weighted by Gasteiger charge is 2.30. The van der Waals surface area contributed by atoms with Crippen molar-refractivity contribution in [2.75, 3.05) is 0 Å². The molecule has 31 heavy (non-hydrogen) atoms. The van der Waals surface area contributed by atoms with Crippen molar-refractivity contribution in [3.63, 3.8) is 0 Å². The molecule has 1 radical (unpaired) electrons. The number of hydrogen-bond acceptors (Lipinski definition) is 4. The first kappa shape index (κ1) is 23.4. The molecule has 169 valence electrons. The standard InChI is InChI=1S/C24H40BN6/c1-22(2,3)10-19-13-26-29(16-19)25(30-17-20(14-27-30)11-23(4,5)6)31-18-21(15-28-31)12-24(7,8)9/h13-18,25H,10-12H2,1-9H3. The topological polar surface area (TPSA) is 53.0 Å². The molecule has 1 aliphatic heterocycles. The molecule has 2 aromatic rings. The van der Waals surface area contributed by atoms with Crippen molar-refractivity contribution >= 4 is 13.3 Å². The summed E-state index contributed by atoms with van der Waals surface area (Å²) >= 11 is 0. The first-order valence-electron chi connectivity index (χ1n) is 11.5. The molecule has 0 aromatic carbocycles. The lowest BCUT2D eigenvalue weighted by Crippen LogP contribution is -2.49. The molecule has 0 bridgehead atoms. The molecule has 0 fully saturated rings. The van der Waals surface area contributed by atoms with Gasteiger partial charge in [-0.25, -0.2) is 15.1 Å². The van der Waals surface area contributed by atoms with E-state index in [1.807, 2.05) is 18.6 Å². The van der Waals surface area contributed by atoms with Gasteiger partial charge >= 0.3 is 7.12 Å². The van der Waals surface area contributed by atoms with Crippen molar-refractivity contribution in [3.8, 4) is 0 Å². The normalized spacial score (nSPS) is 15.3. The van der Waals surface area contributed by atoms with Gasteiger partial charge in [-0.15, -0.1) is 0 Å². The maximum atomic E-state index is 4.75. The predicted octanol–water partition coefficient (Wildman–Crippen LogP) is 4.33. The Balaban J connectivity index is 1.93. The second kappa shape index (κ2) is 8.32. The van der Waals surface area contributed by atoms with Crippen molar-refractivity contribution in [3.05, 3.63) is 47.7 Å². The zero-order chi connectivity index (χ0) is 23.0. The number of hydrazone groups is 1. The van der Waals surface area contributed by atoms with Crippen LogP contribution in [-0.2, 0) is 12.8 Å². The Morgan fingerprint density at radius 3 is 1.61 bits per heavy atom. The quantitative estimate of drug-likeness (QED) is 0.650. The van der Waals surface area contributed by atoms with Gasteiger partial charge in [0.1, 0.15) is 5.10 Å². The fourth-order valence-electron chi connectivity index (χ4n) is 4.24. The highest BCUT2D eigenvalue weighted by molar-refractivity contribution is 6.52. The van der Waals surface area contributed by atoms with E-state index < -0.39 is 7.12 Å². The highest BCUT2D eigenvalue weighted by Crippen LogP contribution is 2.25. The van der Waals surface area contributed by atoms with Crippen molar-refractivity contribution in [1.29, 1.82) is 0 Å². The number of nitrogens with zero attached hydrogens (tertiary/aromatic N) is 6. The summed E-state index contributed by atoms with van der Waals surface area (Å²) in [7, 11) is -1.33. The lowest BCUT2D eigenvalue weighted by molar-refractivity contribution is 0.411. The molecule has 2 aromatic heterocycles. The van der Waals surface area contributed by atoms with E-state index in [0.717, 1.165) is 19.3 Å². The average Bonchev–Trinajstić information content (AvgIpc) is 3.27. The molecule has 0 saturated heterocycles. The van der Waals surface area contributed by atoms with E-state index in [9.17, 15) is 0 Å². The summed E-state index contributed by atoms with van der Waals surface area (Å²) in [5.41, 5.74) is 4.39. The van der Waals surface area contributed by atoms with Gasteiger partial charge in [0.15, 0.2) is 0 Å². The van der Waals surface area contributed by atoms with Crippen LogP contribution in [0.2, 0.25) is 0 Å². The minimum Gasteiger partial charge on any atom is -0.400 e. The summed E-state index contributed by atoms with van der Waals surface area (Å²) < 4.78 is 4.12. The largest absolute Gasteiger partial charge is 0.400 e. The smallest absolute Gasteiger partial charge is 0.374 e. The molecule has 0 aliphatic carbocycles. The third-order valence-corrected chi connectivity index (χ3v) is 5.13. The molecule has 0 unspecified atom stereocenters. The van der Waals surface area contributed by atoms with Crippen LogP contribution in [0, 0.1) is 16.2 Å². The summed E-state index contributed by atoms with van der Waals surface area (Å²) in [6.45, 7) is 20.3. The molecule has 3 heterocycles. The van der Waals surface area contributed by atoms with Gasteiger partial charge in [0.05, 0.1) is 0 Å². The molecule has 0 saturated carbocycles. The van der Waals surface area contributed by atoms with E-state index >= 15 is 0 Å². The van der Waals surface area contributed by atoms with E-state index in [1.165, 1.54) is 16.7 Å². The summed E-state index contributed by atoms with van der Waals surface area (Å²) in [4.78, 5) is 2.06. The van der Waals surface area contributed by atoms with Crippen molar-refractivity contribution in [2.24, 2.45) is 16.2 Å². The molecule has 0 atom stereocenters. The molecule has 0 spiro atoms. The Kier molecular flexibility index (Phi) is 6.27. The Bertz CT molecular complexity index is 892. The molecule has 7 heteroatoms. The first-order valence-corrected chi connectivity index (χ1v) is 11.5. The molecular formula is C24H40BN6. The van der Waals surface area contributed by atoms with Gasteiger partial charge in [-0.2, -0.15) is 0 Å². The summed E-state index contributed by atoms with van der Waals surface area (Å²) in [5.74, 6) is 0. The SMILES string of the molecule is CC(C)(C)CC1=CN([BH-](n2cc(CC(C)(C)C)cn2)n2cc(CC(C)(C)C)cn2)[N+]=C1. The Hall–Kier alpha value is -2.31. The predicted molar refractivity (Wildman–Crippen MR) is 131 cm³/mol. The van der Waals surface area contributed by atoms with Crippen LogP contribution in [0.1, 0.15) is 79.9 Å². The Labute approximate surface area is 188 Å². The molecule has 1 aliphatic rings. The van der Waals surface area contributed by atoms with Gasteiger partial charge in [0.25, 0.3) is 6.21 Å². The van der Waals surface area contributed by atoms with Crippen LogP contribution >= 0.6 is 0 Å². The zero-order valence-corrected chi connectivity index (χ0v) is 21.0. The van der Waals surface area contributed by atoms with E-state index in [-0.39, 0.29) is 16.2 Å². The number of hydrogen-bond donors (Lipinski definition) is 0. The van der Waals surface area contributed by atoms with Gasteiger partial charge in [0.2, 0.25) is 0 Å². The van der Waals surface area contributed by atoms with Crippen LogP contribution in [0.25, 0.3) is 0 Å². The number of allylic oxidation sites excluding steroid dienone is 1. The summed E-state index contributed by atoms with van der Waals surface area (Å²) in [6, 6.07) is 0. The first-order chi connectivity index (χ1) is 14.2. The number of rotatable bonds is 6. The monoisotopic (exact) mass is 423 g/mol. The molecular weight excluding hydrogens is 383 g/mol. The van der Waals surface area contributed by atoms with Crippen molar-refractivity contribution in [1.82, 2.24) is 29.4 Å². The lowest BCUT2D eigenvalue weighted by Gasteiger charge is -2.26. The van der Waals surface area contributed by atoms with Crippen LogP contribution in [0.5, 0.6) is 0 Å². The maximum Gasteiger partial charge on any atom is 0.374 e. The summed E-state index contributed by atoms with van der Waals surface area (Å²) in [5, 5.41) is 14.3. The fourth-order valence-corrected chi connectivity index (χ4v) is 4.24. The second-order valence-electron chi connectivity index (χ2n) is 12.8. The van der Waals surface area contributed by atoms with Crippen LogP contribution in [-0.4, -0.2) is 37.6 Å². The fraction of sp³-hybridized carbons (Fsp3) is 0.625. The van der Waals surface area contributed by atoms with Gasteiger partial charge in [0, 0.05) is 24.2 Å². The van der Waals surface area contributed by atoms with Gasteiger partial charge in [-0.1, -0.05) is 62.3 Å². The second-order valence-corrected chi connectivity index (χ2v) is 12.8. The number of aromatic nitrogens is 4. The minimum atomic E-state index is -1.33. The zero-order valence-electron chi connectivity index (χ0n) is 21.0. The Morgan fingerprint density at radius 1 is 0.742 bits per heavy atom. The third-order valence-electron chi connectivity index (χ3n) is 5.13. The van der Waals surface area contributed by atoms with E-state index in [0.29, 0.717) is 0 Å². The van der Waals surface area contributed by atoms with Crippen molar-refractivity contribution in [2.45, 2.75) is 81.6 Å². The van der Waals surface area contributed by atoms with Crippen LogP contribution in [0.15, 0.2) is 36.6 Å². The molecule has 0 N–H and O–H groups in total. The van der Waals surface area contributed by atoms with Crippen LogP contribution in [0.3, 0.4) is 0 Å². The van der Waals surface area contributed by atoms with Gasteiger partial charge in [-0.05, 0) is 59.0 Å². The highest BCUT2D eigenvalue weighted by atomic mass is 15.5. The Morgan fingerprint density at radius 2 is 1.19 bits per heavy atom. The van der Waals surface area contributed by atoms with E-state index in [2.05, 4.69) is 95.0 Å². The minimum absolute atomic E-state index is 0.218. The van der Waals surface area contributed by atoms with Gasteiger partial charge < -0.3 is 9.19 Å². The molecule has 6 nitrogen and oxygen atoms in total. The van der Waals surface area contributed by atoms with Crippen molar-refractivity contribution < 1.29 is 0 Å². The lowest BCUT2D eigenvalue weighted by atomic mass is 9.88. The average molecular weight is 423 g/mol. The van der Waals surface area contributed by atoms with Gasteiger partial charge in [-0.3, -0.25) is 0 Å². The summed E-state index contributed by atoms with van der Waals surface area (Å²) in [6.07, 6.45) is 15.4. The van der Waals surface area contributed by atoms with E-state index in [1.54, 1.807) is 0 Å². The molecule has 3 rings (SSSR count). The van der Waals surface area contributed by atoms with E-state index in [4.69, 9.17) is 15.3 Å². The third kappa shape index (κ3) is 6.84. The maximum absolute atomic E-state index is 4.75. The van der Waals surface area contributed by atoms with Crippen LogP contribution in [0.4, 0.5) is 0 Å². The van der Waals surface area contributed by atoms with Crippen LogP contribution < -0.4 is 5.10 Å². The molecule has 0 amide bonds.